The zero-order chi connectivity index (χ0) is 23.5. The van der Waals surface area contributed by atoms with Crippen LogP contribution >= 0.6 is 11.6 Å². The summed E-state index contributed by atoms with van der Waals surface area (Å²) in [6, 6.07) is 6.58. The molecule has 0 radical (unpaired) electrons. The molecule has 1 atom stereocenters. The number of aryl methyl sites for hydroxylation is 1. The van der Waals surface area contributed by atoms with Gasteiger partial charge >= 0.3 is 5.97 Å². The molecule has 0 saturated carbocycles. The number of hydrogen-bond donors (Lipinski definition) is 1. The molecule has 2 amide bonds. The lowest BCUT2D eigenvalue weighted by molar-refractivity contribution is -0.126. The highest BCUT2D eigenvalue weighted by Crippen LogP contribution is 2.34. The van der Waals surface area contributed by atoms with E-state index in [4.69, 9.17) is 21.1 Å². The third-order valence-corrected chi connectivity index (χ3v) is 5.76. The molecule has 0 bridgehead atoms. The molecule has 1 aliphatic rings. The molecule has 1 aromatic carbocycles. The van der Waals surface area contributed by atoms with Crippen LogP contribution in [0.15, 0.2) is 24.3 Å². The first-order valence-corrected chi connectivity index (χ1v) is 10.7. The number of fused-ring (bicyclic) bond motifs is 1. The minimum Gasteiger partial charge on any atom is -0.461 e. The SMILES string of the molecule is CCOC(=O)c1cc2n(n1)C[C@](C)(C(=O)NCCCOC)N(c1ccc(C)c(Cl)c1)C2=O. The van der Waals surface area contributed by atoms with Crippen molar-refractivity contribution in [1.82, 2.24) is 15.1 Å². The van der Waals surface area contributed by atoms with E-state index in [2.05, 4.69) is 10.4 Å². The first-order chi connectivity index (χ1) is 15.2. The molecule has 172 valence electrons. The van der Waals surface area contributed by atoms with Gasteiger partial charge in [-0.3, -0.25) is 19.2 Å². The van der Waals surface area contributed by atoms with E-state index in [-0.39, 0.29) is 30.4 Å². The van der Waals surface area contributed by atoms with E-state index in [1.807, 2.05) is 6.92 Å². The summed E-state index contributed by atoms with van der Waals surface area (Å²) in [5.74, 6) is -1.44. The molecule has 2 heterocycles. The summed E-state index contributed by atoms with van der Waals surface area (Å²) in [4.78, 5) is 40.5. The van der Waals surface area contributed by atoms with Crippen molar-refractivity contribution in [1.29, 1.82) is 0 Å². The molecular formula is C22H27ClN4O5. The van der Waals surface area contributed by atoms with Gasteiger partial charge in [0, 0.05) is 37.0 Å². The van der Waals surface area contributed by atoms with Crippen LogP contribution in [0.3, 0.4) is 0 Å². The Morgan fingerprint density at radius 1 is 1.31 bits per heavy atom. The van der Waals surface area contributed by atoms with Gasteiger partial charge in [-0.15, -0.1) is 0 Å². The number of nitrogens with one attached hydrogen (secondary N) is 1. The van der Waals surface area contributed by atoms with E-state index in [0.29, 0.717) is 30.3 Å². The fourth-order valence-corrected chi connectivity index (χ4v) is 3.80. The number of ether oxygens (including phenoxy) is 2. The smallest absolute Gasteiger partial charge is 0.358 e. The molecule has 3 rings (SSSR count). The second-order valence-electron chi connectivity index (χ2n) is 7.74. The molecule has 32 heavy (non-hydrogen) atoms. The number of methoxy groups -OCH3 is 1. The molecular weight excluding hydrogens is 436 g/mol. The number of rotatable bonds is 8. The van der Waals surface area contributed by atoms with Gasteiger partial charge < -0.3 is 14.8 Å². The molecule has 9 nitrogen and oxygen atoms in total. The maximum Gasteiger partial charge on any atom is 0.358 e. The van der Waals surface area contributed by atoms with Crippen LogP contribution in [0, 0.1) is 6.92 Å². The normalized spacial score (nSPS) is 17.8. The Bertz CT molecular complexity index is 1040. The van der Waals surface area contributed by atoms with Gasteiger partial charge in [0.25, 0.3) is 5.91 Å². The third kappa shape index (κ3) is 4.49. The molecule has 0 fully saturated rings. The number of hydrogen-bond acceptors (Lipinski definition) is 6. The number of carbonyl (C=O) groups excluding carboxylic acids is 3. The predicted octanol–water partition coefficient (Wildman–Crippen LogP) is 2.59. The first kappa shape index (κ1) is 23.7. The van der Waals surface area contributed by atoms with Crippen molar-refractivity contribution in [3.63, 3.8) is 0 Å². The van der Waals surface area contributed by atoms with Gasteiger partial charge in [-0.25, -0.2) is 4.79 Å². The molecule has 1 N–H and O–H groups in total. The van der Waals surface area contributed by atoms with Crippen molar-refractivity contribution in [2.45, 2.75) is 39.3 Å². The minimum absolute atomic E-state index is 0.0156. The van der Waals surface area contributed by atoms with Gasteiger partial charge in [-0.2, -0.15) is 5.10 Å². The lowest BCUT2D eigenvalue weighted by atomic mass is 9.93. The molecule has 1 aromatic heterocycles. The Morgan fingerprint density at radius 2 is 2.06 bits per heavy atom. The Labute approximate surface area is 191 Å². The summed E-state index contributed by atoms with van der Waals surface area (Å²) < 4.78 is 11.4. The summed E-state index contributed by atoms with van der Waals surface area (Å²) in [5.41, 5.74) is 0.218. The third-order valence-electron chi connectivity index (χ3n) is 5.35. The quantitative estimate of drug-likeness (QED) is 0.478. The zero-order valence-corrected chi connectivity index (χ0v) is 19.4. The monoisotopic (exact) mass is 462 g/mol. The summed E-state index contributed by atoms with van der Waals surface area (Å²) >= 11 is 6.32. The highest BCUT2D eigenvalue weighted by molar-refractivity contribution is 6.31. The molecule has 0 aliphatic carbocycles. The van der Waals surface area contributed by atoms with Crippen molar-refractivity contribution >= 4 is 35.1 Å². The number of anilines is 1. The second-order valence-corrected chi connectivity index (χ2v) is 8.15. The number of nitrogens with zero attached hydrogens (tertiary/aromatic N) is 3. The van der Waals surface area contributed by atoms with Crippen molar-refractivity contribution < 1.29 is 23.9 Å². The van der Waals surface area contributed by atoms with Crippen molar-refractivity contribution in [3.05, 3.63) is 46.2 Å². The number of carbonyl (C=O) groups is 3. The average Bonchev–Trinajstić information content (AvgIpc) is 3.18. The minimum atomic E-state index is -1.31. The Balaban J connectivity index is 2.04. The van der Waals surface area contributed by atoms with Crippen LogP contribution in [0.25, 0.3) is 0 Å². The van der Waals surface area contributed by atoms with E-state index < -0.39 is 17.4 Å². The fourth-order valence-electron chi connectivity index (χ4n) is 3.62. The Kier molecular flexibility index (Phi) is 7.20. The fraction of sp³-hybridized carbons (Fsp3) is 0.455. The molecule has 2 aromatic rings. The topological polar surface area (TPSA) is 103 Å². The standard InChI is InChI=1S/C22H27ClN4O5/c1-5-32-20(29)17-12-18-19(28)27(15-8-7-14(2)16(23)11-15)22(3,13-26(18)25-17)21(30)24-9-6-10-31-4/h7-8,11-12H,5-6,9-10,13H2,1-4H3,(H,24,30)/t22-/m1/s1. The van der Waals surface area contributed by atoms with Crippen molar-refractivity contribution in [2.75, 3.05) is 31.8 Å². The molecule has 0 spiro atoms. The first-order valence-electron chi connectivity index (χ1n) is 10.4. The predicted molar refractivity (Wildman–Crippen MR) is 119 cm³/mol. The number of amides is 2. The van der Waals surface area contributed by atoms with Gasteiger partial charge in [0.15, 0.2) is 5.69 Å². The average molecular weight is 463 g/mol. The zero-order valence-electron chi connectivity index (χ0n) is 18.6. The van der Waals surface area contributed by atoms with Crippen LogP contribution in [0.5, 0.6) is 0 Å². The van der Waals surface area contributed by atoms with Crippen LogP contribution in [0.1, 0.15) is 46.8 Å². The number of halogens is 1. The summed E-state index contributed by atoms with van der Waals surface area (Å²) in [7, 11) is 1.59. The van der Waals surface area contributed by atoms with E-state index in [1.54, 1.807) is 39.2 Å². The van der Waals surface area contributed by atoms with Gasteiger partial charge in [0.2, 0.25) is 5.91 Å². The van der Waals surface area contributed by atoms with Crippen LogP contribution in [-0.2, 0) is 20.8 Å². The maximum absolute atomic E-state index is 13.6. The van der Waals surface area contributed by atoms with E-state index in [1.165, 1.54) is 15.6 Å². The van der Waals surface area contributed by atoms with Crippen LogP contribution in [-0.4, -0.2) is 60.0 Å². The molecule has 0 unspecified atom stereocenters. The van der Waals surface area contributed by atoms with E-state index in [0.717, 1.165) is 5.56 Å². The molecule has 1 aliphatic heterocycles. The van der Waals surface area contributed by atoms with Crippen LogP contribution in [0.2, 0.25) is 5.02 Å². The van der Waals surface area contributed by atoms with Gasteiger partial charge in [0.05, 0.1) is 13.2 Å². The molecule has 10 heteroatoms. The number of aromatic nitrogens is 2. The molecule has 0 saturated heterocycles. The summed E-state index contributed by atoms with van der Waals surface area (Å²) in [6.07, 6.45) is 0.628. The van der Waals surface area contributed by atoms with Gasteiger partial charge in [0.1, 0.15) is 11.2 Å². The summed E-state index contributed by atoms with van der Waals surface area (Å²) in [5, 5.41) is 7.59. The Hall–Kier alpha value is -2.91. The lowest BCUT2D eigenvalue weighted by Crippen LogP contribution is -2.64. The lowest BCUT2D eigenvalue weighted by Gasteiger charge is -2.43. The number of esters is 1. The van der Waals surface area contributed by atoms with Crippen LogP contribution < -0.4 is 10.2 Å². The highest BCUT2D eigenvalue weighted by atomic mass is 35.5. The van der Waals surface area contributed by atoms with Crippen molar-refractivity contribution in [2.24, 2.45) is 0 Å². The largest absolute Gasteiger partial charge is 0.461 e. The van der Waals surface area contributed by atoms with E-state index in [9.17, 15) is 14.4 Å². The van der Waals surface area contributed by atoms with Gasteiger partial charge in [-0.05, 0) is 44.9 Å². The maximum atomic E-state index is 13.6. The van der Waals surface area contributed by atoms with Crippen molar-refractivity contribution in [3.8, 4) is 0 Å². The van der Waals surface area contributed by atoms with Gasteiger partial charge in [-0.1, -0.05) is 17.7 Å². The second kappa shape index (κ2) is 9.70. The highest BCUT2D eigenvalue weighted by Gasteiger charge is 2.49. The van der Waals surface area contributed by atoms with Crippen LogP contribution in [0.4, 0.5) is 5.69 Å². The van der Waals surface area contributed by atoms with E-state index >= 15 is 0 Å². The Morgan fingerprint density at radius 3 is 2.72 bits per heavy atom. The summed E-state index contributed by atoms with van der Waals surface area (Å²) in [6.45, 7) is 6.33. The number of benzene rings is 1.